The molecule has 0 spiro atoms. The van der Waals surface area contributed by atoms with E-state index in [9.17, 15) is 5.11 Å². The van der Waals surface area contributed by atoms with Crippen LogP contribution in [0.5, 0.6) is 0 Å². The van der Waals surface area contributed by atoms with E-state index < -0.39 is 0 Å². The summed E-state index contributed by atoms with van der Waals surface area (Å²) in [7, 11) is 0. The van der Waals surface area contributed by atoms with Crippen molar-refractivity contribution in [2.45, 2.75) is 85.5 Å². The smallest absolute Gasteiger partial charge is 0.0569 e. The van der Waals surface area contributed by atoms with Crippen molar-refractivity contribution < 1.29 is 5.11 Å². The Kier molecular flexibility index (Phi) is 8.64. The van der Waals surface area contributed by atoms with Gasteiger partial charge in [0, 0.05) is 17.6 Å². The number of benzene rings is 2. The van der Waals surface area contributed by atoms with Crippen LogP contribution in [0.25, 0.3) is 11.1 Å². The van der Waals surface area contributed by atoms with Gasteiger partial charge >= 0.3 is 0 Å². The van der Waals surface area contributed by atoms with E-state index in [0.717, 1.165) is 19.3 Å². The maximum atomic E-state index is 9.48. The first kappa shape index (κ1) is 27.2. The van der Waals surface area contributed by atoms with Crippen LogP contribution in [0, 0.1) is 17.8 Å². The zero-order chi connectivity index (χ0) is 25.8. The SMILES string of the molecule is CC.CC(C)C1(C(C)C)c2ccccc2-c2cn[nH]c21.CCC1(C)c2ccccc2CCC1CO. The van der Waals surface area contributed by atoms with Crippen LogP contribution in [0.15, 0.2) is 54.7 Å². The monoisotopic (exact) mass is 474 g/mol. The van der Waals surface area contributed by atoms with Crippen molar-refractivity contribution >= 4 is 0 Å². The molecule has 2 aliphatic rings. The van der Waals surface area contributed by atoms with E-state index >= 15 is 0 Å². The average molecular weight is 475 g/mol. The van der Waals surface area contributed by atoms with Gasteiger partial charge in [-0.1, -0.05) is 104 Å². The van der Waals surface area contributed by atoms with Gasteiger partial charge in [-0.05, 0) is 64.7 Å². The van der Waals surface area contributed by atoms with Crippen molar-refractivity contribution in [1.82, 2.24) is 10.2 Å². The van der Waals surface area contributed by atoms with Gasteiger partial charge in [-0.15, -0.1) is 0 Å². The fraction of sp³-hybridized carbons (Fsp3) is 0.531. The number of H-pyrrole nitrogens is 1. The number of aliphatic hydroxyl groups is 1. The maximum absolute atomic E-state index is 9.48. The second-order valence-corrected chi connectivity index (χ2v) is 10.7. The van der Waals surface area contributed by atoms with E-state index in [2.05, 4.69) is 100 Å². The minimum atomic E-state index is 0.0719. The van der Waals surface area contributed by atoms with Crippen LogP contribution >= 0.6 is 0 Å². The minimum Gasteiger partial charge on any atom is -0.396 e. The van der Waals surface area contributed by atoms with Crippen LogP contribution in [-0.2, 0) is 17.3 Å². The number of aromatic amines is 1. The van der Waals surface area contributed by atoms with E-state index in [4.69, 9.17) is 0 Å². The molecule has 0 amide bonds. The fourth-order valence-electron chi connectivity index (χ4n) is 6.82. The van der Waals surface area contributed by atoms with Gasteiger partial charge in [-0.25, -0.2) is 0 Å². The minimum absolute atomic E-state index is 0.0719. The average Bonchev–Trinajstić information content (AvgIpc) is 3.46. The van der Waals surface area contributed by atoms with E-state index in [-0.39, 0.29) is 10.8 Å². The highest BCUT2D eigenvalue weighted by molar-refractivity contribution is 5.79. The first-order valence-electron chi connectivity index (χ1n) is 13.6. The van der Waals surface area contributed by atoms with Gasteiger partial charge in [0.15, 0.2) is 0 Å². The highest BCUT2D eigenvalue weighted by atomic mass is 16.3. The van der Waals surface area contributed by atoms with Gasteiger partial charge in [-0.3, -0.25) is 5.10 Å². The van der Waals surface area contributed by atoms with Crippen LogP contribution in [-0.4, -0.2) is 21.9 Å². The topological polar surface area (TPSA) is 48.9 Å². The lowest BCUT2D eigenvalue weighted by Gasteiger charge is -2.42. The number of aryl methyl sites for hydroxylation is 1. The summed E-state index contributed by atoms with van der Waals surface area (Å²) < 4.78 is 0. The Hall–Kier alpha value is -2.39. The quantitative estimate of drug-likeness (QED) is 0.403. The van der Waals surface area contributed by atoms with Gasteiger partial charge in [0.2, 0.25) is 0 Å². The molecule has 2 aromatic carbocycles. The Morgan fingerprint density at radius 2 is 1.54 bits per heavy atom. The molecule has 3 heteroatoms. The lowest BCUT2D eigenvalue weighted by atomic mass is 9.63. The summed E-state index contributed by atoms with van der Waals surface area (Å²) >= 11 is 0. The number of hydrogen-bond acceptors (Lipinski definition) is 2. The summed E-state index contributed by atoms with van der Waals surface area (Å²) in [5.41, 5.74) is 8.57. The van der Waals surface area contributed by atoms with E-state index in [1.54, 1.807) is 0 Å². The van der Waals surface area contributed by atoms with Gasteiger partial charge in [0.1, 0.15) is 0 Å². The zero-order valence-electron chi connectivity index (χ0n) is 23.2. The molecule has 35 heavy (non-hydrogen) atoms. The number of nitrogens with one attached hydrogen (secondary N) is 1. The largest absolute Gasteiger partial charge is 0.396 e. The van der Waals surface area contributed by atoms with Gasteiger partial charge in [-0.2, -0.15) is 5.10 Å². The maximum Gasteiger partial charge on any atom is 0.0569 e. The number of rotatable bonds is 4. The number of nitrogens with zero attached hydrogens (tertiary/aromatic N) is 1. The predicted octanol–water partition coefficient (Wildman–Crippen LogP) is 7.92. The van der Waals surface area contributed by atoms with Crippen LogP contribution in [0.3, 0.4) is 0 Å². The van der Waals surface area contributed by atoms with Crippen LogP contribution in [0.2, 0.25) is 0 Å². The number of hydrogen-bond donors (Lipinski definition) is 2. The summed E-state index contributed by atoms with van der Waals surface area (Å²) in [6.07, 6.45) is 5.32. The zero-order valence-corrected chi connectivity index (χ0v) is 23.2. The molecule has 0 radical (unpaired) electrons. The second-order valence-electron chi connectivity index (χ2n) is 10.7. The third kappa shape index (κ3) is 4.37. The summed E-state index contributed by atoms with van der Waals surface area (Å²) in [5, 5.41) is 17.0. The molecule has 0 saturated heterocycles. The molecule has 2 unspecified atom stereocenters. The third-order valence-corrected chi connectivity index (χ3v) is 8.79. The van der Waals surface area contributed by atoms with Crippen molar-refractivity contribution in [2.75, 3.05) is 6.61 Å². The molecule has 5 rings (SSSR count). The van der Waals surface area contributed by atoms with Gasteiger partial charge in [0.25, 0.3) is 0 Å². The lowest BCUT2D eigenvalue weighted by molar-refractivity contribution is 0.137. The van der Waals surface area contributed by atoms with Crippen LogP contribution < -0.4 is 0 Å². The first-order valence-corrected chi connectivity index (χ1v) is 13.6. The van der Waals surface area contributed by atoms with Crippen molar-refractivity contribution in [2.24, 2.45) is 17.8 Å². The van der Waals surface area contributed by atoms with E-state index in [1.807, 2.05) is 20.0 Å². The highest BCUT2D eigenvalue weighted by Crippen LogP contribution is 2.55. The van der Waals surface area contributed by atoms with Gasteiger partial charge in [0.05, 0.1) is 11.9 Å². The van der Waals surface area contributed by atoms with Crippen molar-refractivity contribution in [3.05, 3.63) is 77.1 Å². The Balaban J connectivity index is 0.000000186. The number of aromatic nitrogens is 2. The molecule has 3 nitrogen and oxygen atoms in total. The molecule has 2 atom stereocenters. The van der Waals surface area contributed by atoms with Crippen molar-refractivity contribution in [3.63, 3.8) is 0 Å². The lowest BCUT2D eigenvalue weighted by Crippen LogP contribution is -2.38. The molecule has 0 bridgehead atoms. The fourth-order valence-corrected chi connectivity index (χ4v) is 6.82. The second kappa shape index (κ2) is 11.1. The normalized spacial score (nSPS) is 21.3. The summed E-state index contributed by atoms with van der Waals surface area (Å²) in [4.78, 5) is 0. The van der Waals surface area contributed by atoms with Gasteiger partial charge < -0.3 is 5.11 Å². The molecule has 0 aliphatic heterocycles. The Labute approximate surface area is 213 Å². The number of fused-ring (bicyclic) bond motifs is 4. The Morgan fingerprint density at radius 3 is 2.14 bits per heavy atom. The molecular formula is C32H46N2O. The highest BCUT2D eigenvalue weighted by Gasteiger charge is 2.49. The van der Waals surface area contributed by atoms with Crippen molar-refractivity contribution in [1.29, 1.82) is 0 Å². The third-order valence-electron chi connectivity index (χ3n) is 8.79. The molecular weight excluding hydrogens is 428 g/mol. The molecule has 0 fully saturated rings. The Morgan fingerprint density at radius 1 is 0.943 bits per heavy atom. The standard InChI is InChI=1S/C16H20N2.C14H20O.C2H6/c1-10(2)16(11(3)4)14-8-6-5-7-12(14)13-9-17-18-15(13)16;1-3-14(2)12(10-15)9-8-11-6-4-5-7-13(11)14;1-2/h5-11H,1-4H3,(H,17,18);4-7,12,15H,3,8-10H2,1-2H3;1-2H3. The summed E-state index contributed by atoms with van der Waals surface area (Å²) in [6, 6.07) is 17.5. The molecule has 3 aromatic rings. The van der Waals surface area contributed by atoms with E-state index in [0.29, 0.717) is 24.4 Å². The summed E-state index contributed by atoms with van der Waals surface area (Å²) in [5.74, 6) is 1.51. The molecule has 2 aliphatic carbocycles. The van der Waals surface area contributed by atoms with Crippen LogP contribution in [0.4, 0.5) is 0 Å². The van der Waals surface area contributed by atoms with Crippen molar-refractivity contribution in [3.8, 4) is 11.1 Å². The molecule has 1 aromatic heterocycles. The Bertz CT molecular complexity index is 1090. The van der Waals surface area contributed by atoms with E-state index in [1.165, 1.54) is 33.5 Å². The number of aliphatic hydroxyl groups excluding tert-OH is 1. The first-order chi connectivity index (χ1) is 16.8. The molecule has 190 valence electrons. The summed E-state index contributed by atoms with van der Waals surface area (Å²) in [6.45, 7) is 18.1. The predicted molar refractivity (Wildman–Crippen MR) is 149 cm³/mol. The molecule has 1 heterocycles. The van der Waals surface area contributed by atoms with Crippen LogP contribution in [0.1, 0.15) is 90.6 Å². The molecule has 2 N–H and O–H groups in total. The molecule has 0 saturated carbocycles.